The van der Waals surface area contributed by atoms with Crippen LogP contribution in [0.1, 0.15) is 33.1 Å². The number of nitrogens with zero attached hydrogens (tertiary/aromatic N) is 1. The maximum absolute atomic E-state index is 6.01. The van der Waals surface area contributed by atoms with Crippen molar-refractivity contribution in [3.63, 3.8) is 0 Å². The fourth-order valence-corrected chi connectivity index (χ4v) is 6.88. The summed E-state index contributed by atoms with van der Waals surface area (Å²) in [6, 6.07) is 11.2. The molecule has 0 bridgehead atoms. The quantitative estimate of drug-likeness (QED) is 0.756. The lowest BCUT2D eigenvalue weighted by Crippen LogP contribution is -2.29. The Labute approximate surface area is 135 Å². The van der Waals surface area contributed by atoms with Gasteiger partial charge in [-0.2, -0.15) is 0 Å². The Bertz CT molecular complexity index is 538. The van der Waals surface area contributed by atoms with Crippen LogP contribution < -0.4 is 5.30 Å². The molecule has 119 valence electrons. The fourth-order valence-electron chi connectivity index (χ4n) is 3.82. The highest BCUT2D eigenvalue weighted by atomic mass is 31.2. The molecule has 0 spiro atoms. The molecule has 3 rings (SSSR count). The van der Waals surface area contributed by atoms with Gasteiger partial charge in [0.1, 0.15) is 6.61 Å². The Morgan fingerprint density at radius 2 is 1.95 bits per heavy atom. The van der Waals surface area contributed by atoms with Gasteiger partial charge in [-0.1, -0.05) is 32.0 Å². The van der Waals surface area contributed by atoms with Crippen LogP contribution in [-0.4, -0.2) is 30.9 Å². The maximum Gasteiger partial charge on any atom is 0.190 e. The Hall–Kier alpha value is -0.880. The van der Waals surface area contributed by atoms with E-state index in [2.05, 4.69) is 50.8 Å². The molecule has 3 heteroatoms. The minimum atomic E-state index is -1.41. The second-order valence-electron chi connectivity index (χ2n) is 7.30. The number of hydrogen-bond acceptors (Lipinski definition) is 2. The van der Waals surface area contributed by atoms with Crippen LogP contribution in [0.2, 0.25) is 0 Å². The summed E-state index contributed by atoms with van der Waals surface area (Å²) in [5, 5.41) is 1.44. The van der Waals surface area contributed by atoms with Crippen molar-refractivity contribution >= 4 is 18.5 Å². The fraction of sp³-hybridized carbons (Fsp3) is 0.579. The highest BCUT2D eigenvalue weighted by Gasteiger charge is 2.49. The highest BCUT2D eigenvalue weighted by molar-refractivity contribution is 7.84. The number of ether oxygens (including phenoxy) is 1. The predicted octanol–water partition coefficient (Wildman–Crippen LogP) is 4.37. The number of aliphatic imine (C=N–C) groups is 1. The van der Waals surface area contributed by atoms with Crippen molar-refractivity contribution in [1.29, 1.82) is 0 Å². The summed E-state index contributed by atoms with van der Waals surface area (Å²) < 4.78 is 6.01. The maximum atomic E-state index is 6.01. The van der Waals surface area contributed by atoms with Gasteiger partial charge < -0.3 is 4.74 Å². The molecule has 0 aromatic heterocycles. The van der Waals surface area contributed by atoms with E-state index in [0.717, 1.165) is 12.5 Å². The summed E-state index contributed by atoms with van der Waals surface area (Å²) in [5.74, 6) is 2.08. The summed E-state index contributed by atoms with van der Waals surface area (Å²) in [6.07, 6.45) is 3.76. The lowest BCUT2D eigenvalue weighted by Gasteiger charge is -2.28. The molecular formula is C19H28NOP+. The average molecular weight is 317 g/mol. The molecule has 0 N–H and O–H groups in total. The molecule has 1 aliphatic heterocycles. The van der Waals surface area contributed by atoms with E-state index in [1.165, 1.54) is 24.6 Å². The third-order valence-electron chi connectivity index (χ3n) is 5.34. The first-order chi connectivity index (χ1) is 10.5. The Balaban J connectivity index is 1.83. The summed E-state index contributed by atoms with van der Waals surface area (Å²) in [6.45, 7) is 12.3. The average Bonchev–Trinajstić information content (AvgIpc) is 3.17. The van der Waals surface area contributed by atoms with Crippen LogP contribution in [0.4, 0.5) is 0 Å². The van der Waals surface area contributed by atoms with Gasteiger partial charge in [0, 0.05) is 0 Å². The lowest BCUT2D eigenvalue weighted by atomic mass is 10.1. The third kappa shape index (κ3) is 2.95. The molecule has 4 atom stereocenters. The number of rotatable bonds is 4. The van der Waals surface area contributed by atoms with Crippen molar-refractivity contribution in [3.8, 4) is 0 Å². The molecule has 2 aliphatic rings. The minimum absolute atomic E-state index is 0.349. The predicted molar refractivity (Wildman–Crippen MR) is 97.4 cm³/mol. The summed E-state index contributed by atoms with van der Waals surface area (Å²) in [5.41, 5.74) is 0.625. The summed E-state index contributed by atoms with van der Waals surface area (Å²) in [4.78, 5) is 4.91. The van der Waals surface area contributed by atoms with Crippen molar-refractivity contribution in [2.24, 2.45) is 16.8 Å². The van der Waals surface area contributed by atoms with Crippen LogP contribution in [0.3, 0.4) is 0 Å². The van der Waals surface area contributed by atoms with E-state index < -0.39 is 7.26 Å². The van der Waals surface area contributed by atoms with Crippen LogP contribution in [-0.2, 0) is 4.74 Å². The van der Waals surface area contributed by atoms with Crippen LogP contribution >= 0.6 is 7.26 Å². The molecule has 1 fully saturated rings. The Morgan fingerprint density at radius 3 is 2.59 bits per heavy atom. The minimum Gasteiger partial charge on any atom is -0.478 e. The van der Waals surface area contributed by atoms with Gasteiger partial charge in [-0.25, -0.2) is 4.99 Å². The van der Waals surface area contributed by atoms with Gasteiger partial charge in [-0.3, -0.25) is 0 Å². The van der Waals surface area contributed by atoms with Crippen molar-refractivity contribution in [2.75, 3.05) is 13.3 Å². The van der Waals surface area contributed by atoms with Gasteiger partial charge in [0.05, 0.1) is 43.5 Å². The molecule has 0 saturated heterocycles. The first kappa shape index (κ1) is 16.0. The molecular weight excluding hydrogens is 289 g/mol. The van der Waals surface area contributed by atoms with Crippen molar-refractivity contribution < 1.29 is 4.74 Å². The van der Waals surface area contributed by atoms with Gasteiger partial charge in [0.2, 0.25) is 0 Å². The second kappa shape index (κ2) is 6.32. The van der Waals surface area contributed by atoms with Crippen LogP contribution in [0.15, 0.2) is 35.3 Å². The Kier molecular flexibility index (Phi) is 4.59. The molecule has 0 amide bonds. The molecule has 1 radical (unpaired) electrons. The van der Waals surface area contributed by atoms with E-state index in [1.807, 2.05) is 0 Å². The molecule has 1 aliphatic carbocycles. The van der Waals surface area contributed by atoms with Gasteiger partial charge in [0.15, 0.2) is 5.90 Å². The van der Waals surface area contributed by atoms with E-state index >= 15 is 0 Å². The Morgan fingerprint density at radius 1 is 1.23 bits per heavy atom. The molecule has 2 nitrogen and oxygen atoms in total. The zero-order valence-electron chi connectivity index (χ0n) is 14.0. The van der Waals surface area contributed by atoms with E-state index in [9.17, 15) is 0 Å². The summed E-state index contributed by atoms with van der Waals surface area (Å²) >= 11 is 0. The van der Waals surface area contributed by atoms with E-state index in [4.69, 9.17) is 16.4 Å². The molecule has 1 heterocycles. The zero-order valence-corrected chi connectivity index (χ0v) is 14.9. The van der Waals surface area contributed by atoms with Gasteiger partial charge in [0.25, 0.3) is 0 Å². The van der Waals surface area contributed by atoms with E-state index in [1.54, 1.807) is 0 Å². The highest BCUT2D eigenvalue weighted by Crippen LogP contribution is 2.63. The first-order valence-corrected chi connectivity index (χ1v) is 11.0. The molecule has 3 unspecified atom stereocenters. The molecule has 1 aromatic rings. The van der Waals surface area contributed by atoms with Gasteiger partial charge >= 0.3 is 0 Å². The molecule has 1 saturated carbocycles. The SMILES string of the molecule is [CH2][P+](C)(c1ccccc1)C1CCCC1C1=N[C@@H](C(C)C)CO1. The standard InChI is InChI=1S/C19H28NOP/c1-14(2)17-13-21-19(20-17)16-11-8-12-18(16)22(3,4)15-9-6-5-7-10-15/h5-7,9-10,14,16-18H,3,8,11-13H2,1-2,4H3/q+1/t16?,17-,18?,22?/m1/s1. The lowest BCUT2D eigenvalue weighted by molar-refractivity contribution is 0.277. The van der Waals surface area contributed by atoms with Crippen molar-refractivity contribution in [1.82, 2.24) is 0 Å². The normalized spacial score (nSPS) is 28.8. The molecule has 22 heavy (non-hydrogen) atoms. The summed E-state index contributed by atoms with van der Waals surface area (Å²) in [7, 11) is -1.41. The van der Waals surface area contributed by atoms with Crippen molar-refractivity contribution in [3.05, 3.63) is 37.0 Å². The topological polar surface area (TPSA) is 21.6 Å². The number of hydrogen-bond donors (Lipinski definition) is 0. The largest absolute Gasteiger partial charge is 0.478 e. The van der Waals surface area contributed by atoms with Gasteiger partial charge in [-0.05, 0) is 37.3 Å². The first-order valence-electron chi connectivity index (χ1n) is 8.47. The molecule has 1 aromatic carbocycles. The second-order valence-corrected chi connectivity index (χ2v) is 11.0. The monoisotopic (exact) mass is 317 g/mol. The van der Waals surface area contributed by atoms with Crippen LogP contribution in [0.5, 0.6) is 0 Å². The van der Waals surface area contributed by atoms with E-state index in [-0.39, 0.29) is 0 Å². The van der Waals surface area contributed by atoms with Crippen LogP contribution in [0, 0.1) is 18.5 Å². The smallest absolute Gasteiger partial charge is 0.190 e. The van der Waals surface area contributed by atoms with Crippen molar-refractivity contribution in [2.45, 2.75) is 44.8 Å². The number of benzene rings is 1. The van der Waals surface area contributed by atoms with E-state index in [0.29, 0.717) is 23.5 Å². The van der Waals surface area contributed by atoms with Crippen LogP contribution in [0.25, 0.3) is 0 Å². The zero-order chi connectivity index (χ0) is 15.7. The van der Waals surface area contributed by atoms with Gasteiger partial charge in [-0.15, -0.1) is 0 Å². The third-order valence-corrected chi connectivity index (χ3v) is 8.90.